The highest BCUT2D eigenvalue weighted by molar-refractivity contribution is 6.30. The van der Waals surface area contributed by atoms with Crippen LogP contribution in [0, 0.1) is 0 Å². The van der Waals surface area contributed by atoms with Crippen LogP contribution in [0.25, 0.3) is 11.4 Å². The zero-order chi connectivity index (χ0) is 22.1. The number of fused-ring (bicyclic) bond motifs is 1. The van der Waals surface area contributed by atoms with Gasteiger partial charge < -0.3 is 15.1 Å². The Bertz CT molecular complexity index is 1150. The first-order valence-corrected chi connectivity index (χ1v) is 11.0. The predicted molar refractivity (Wildman–Crippen MR) is 124 cm³/mol. The van der Waals surface area contributed by atoms with Crippen LogP contribution in [0.3, 0.4) is 0 Å². The largest absolute Gasteiger partial charge is 0.326 e. The molecular formula is C23H24ClN7O. The van der Waals surface area contributed by atoms with Crippen molar-refractivity contribution in [1.82, 2.24) is 29.7 Å². The lowest BCUT2D eigenvalue weighted by atomic mass is 10.1. The number of benzene rings is 1. The number of hydrogen-bond acceptors (Lipinski definition) is 6. The highest BCUT2D eigenvalue weighted by Gasteiger charge is 2.26. The number of pyridine rings is 1. The van der Waals surface area contributed by atoms with Crippen molar-refractivity contribution in [2.75, 3.05) is 38.5 Å². The molecule has 164 valence electrons. The number of likely N-dealkylation sites (N-methyl/N-ethyl adjacent to an activating group) is 1. The van der Waals surface area contributed by atoms with Crippen molar-refractivity contribution in [1.29, 1.82) is 0 Å². The molecule has 2 amide bonds. The fourth-order valence-electron chi connectivity index (χ4n) is 4.11. The lowest BCUT2D eigenvalue weighted by Crippen LogP contribution is -2.35. The van der Waals surface area contributed by atoms with Crippen LogP contribution in [0.15, 0.2) is 48.8 Å². The van der Waals surface area contributed by atoms with Gasteiger partial charge in [-0.2, -0.15) is 0 Å². The van der Waals surface area contributed by atoms with Crippen LogP contribution in [0.5, 0.6) is 0 Å². The van der Waals surface area contributed by atoms with E-state index in [1.807, 2.05) is 18.0 Å². The summed E-state index contributed by atoms with van der Waals surface area (Å²) < 4.78 is 0. The van der Waals surface area contributed by atoms with Gasteiger partial charge in [-0.15, -0.1) is 0 Å². The molecule has 1 N–H and O–H groups in total. The SMILES string of the molecule is CN1CCN(CCN2Cc3ccc(Nc4nccc(-c5cc(Cl)ccn5)n4)cc3C2)C1=O. The zero-order valence-electron chi connectivity index (χ0n) is 17.8. The molecule has 5 rings (SSSR count). The molecule has 0 atom stereocenters. The molecule has 32 heavy (non-hydrogen) atoms. The van der Waals surface area contributed by atoms with Crippen molar-refractivity contribution < 1.29 is 4.79 Å². The molecule has 9 heteroatoms. The molecule has 4 heterocycles. The van der Waals surface area contributed by atoms with Gasteiger partial charge in [0.05, 0.1) is 11.4 Å². The smallest absolute Gasteiger partial charge is 0.319 e. The maximum atomic E-state index is 12.1. The Hall–Kier alpha value is -3.23. The van der Waals surface area contributed by atoms with Crippen molar-refractivity contribution >= 4 is 29.3 Å². The first-order valence-electron chi connectivity index (χ1n) is 10.6. The van der Waals surface area contributed by atoms with Crippen molar-refractivity contribution in [2.24, 2.45) is 0 Å². The molecule has 2 aliphatic rings. The molecule has 0 unspecified atom stereocenters. The van der Waals surface area contributed by atoms with E-state index < -0.39 is 0 Å². The van der Waals surface area contributed by atoms with Crippen LogP contribution in [-0.4, -0.2) is 68.9 Å². The quantitative estimate of drug-likeness (QED) is 0.619. The molecule has 0 spiro atoms. The summed E-state index contributed by atoms with van der Waals surface area (Å²) in [5.74, 6) is 0.510. The van der Waals surface area contributed by atoms with E-state index in [1.54, 1.807) is 29.4 Å². The average molecular weight is 450 g/mol. The summed E-state index contributed by atoms with van der Waals surface area (Å²) in [6.45, 7) is 5.03. The number of nitrogens with one attached hydrogen (secondary N) is 1. The molecule has 8 nitrogen and oxygen atoms in total. The van der Waals surface area contributed by atoms with E-state index in [0.29, 0.717) is 22.4 Å². The van der Waals surface area contributed by atoms with Crippen LogP contribution in [-0.2, 0) is 13.1 Å². The summed E-state index contributed by atoms with van der Waals surface area (Å²) in [6, 6.07) is 11.8. The number of carbonyl (C=O) groups excluding carboxylic acids is 1. The number of carbonyl (C=O) groups is 1. The van der Waals surface area contributed by atoms with E-state index in [2.05, 4.69) is 43.4 Å². The van der Waals surface area contributed by atoms with Crippen molar-refractivity contribution in [3.8, 4) is 11.4 Å². The molecule has 0 aliphatic carbocycles. The van der Waals surface area contributed by atoms with Crippen molar-refractivity contribution in [3.05, 3.63) is 64.9 Å². The van der Waals surface area contributed by atoms with Crippen molar-refractivity contribution in [3.63, 3.8) is 0 Å². The summed E-state index contributed by atoms with van der Waals surface area (Å²) >= 11 is 6.08. The maximum Gasteiger partial charge on any atom is 0.319 e. The fourth-order valence-corrected chi connectivity index (χ4v) is 4.27. The average Bonchev–Trinajstić information content (AvgIpc) is 3.35. The van der Waals surface area contributed by atoms with Gasteiger partial charge in [0.2, 0.25) is 5.95 Å². The third-order valence-corrected chi connectivity index (χ3v) is 6.11. The second-order valence-electron chi connectivity index (χ2n) is 8.14. The summed E-state index contributed by atoms with van der Waals surface area (Å²) in [4.78, 5) is 31.4. The minimum Gasteiger partial charge on any atom is -0.326 e. The maximum absolute atomic E-state index is 12.1. The van der Waals surface area contributed by atoms with Crippen LogP contribution in [0.1, 0.15) is 11.1 Å². The van der Waals surface area contributed by atoms with E-state index in [9.17, 15) is 4.79 Å². The zero-order valence-corrected chi connectivity index (χ0v) is 18.6. The van der Waals surface area contributed by atoms with Gasteiger partial charge >= 0.3 is 6.03 Å². The Morgan fingerprint density at radius 2 is 1.81 bits per heavy atom. The van der Waals surface area contributed by atoms with Gasteiger partial charge in [-0.1, -0.05) is 17.7 Å². The number of urea groups is 1. The normalized spacial score (nSPS) is 16.0. The number of anilines is 2. The molecule has 1 fully saturated rings. The molecule has 0 bridgehead atoms. The van der Waals surface area contributed by atoms with E-state index in [0.717, 1.165) is 45.0 Å². The summed E-state index contributed by atoms with van der Waals surface area (Å²) in [6.07, 6.45) is 3.37. The molecule has 0 saturated carbocycles. The van der Waals surface area contributed by atoms with Crippen LogP contribution < -0.4 is 5.32 Å². The van der Waals surface area contributed by atoms with Gasteiger partial charge in [0, 0.05) is 69.4 Å². The van der Waals surface area contributed by atoms with Crippen LogP contribution in [0.2, 0.25) is 5.02 Å². The Labute approximate surface area is 191 Å². The van der Waals surface area contributed by atoms with E-state index in [4.69, 9.17) is 11.6 Å². The fraction of sp³-hybridized carbons (Fsp3) is 0.304. The Balaban J connectivity index is 1.23. The minimum atomic E-state index is 0.128. The van der Waals surface area contributed by atoms with E-state index in [-0.39, 0.29) is 6.03 Å². The van der Waals surface area contributed by atoms with Gasteiger partial charge in [0.15, 0.2) is 0 Å². The highest BCUT2D eigenvalue weighted by atomic mass is 35.5. The molecule has 0 radical (unpaired) electrons. The Kier molecular flexibility index (Phi) is 5.63. The minimum absolute atomic E-state index is 0.128. The van der Waals surface area contributed by atoms with Gasteiger partial charge in [-0.05, 0) is 41.5 Å². The summed E-state index contributed by atoms with van der Waals surface area (Å²) in [5, 5.41) is 3.92. The summed E-state index contributed by atoms with van der Waals surface area (Å²) in [7, 11) is 1.85. The van der Waals surface area contributed by atoms with Gasteiger partial charge in [0.1, 0.15) is 0 Å². The lowest BCUT2D eigenvalue weighted by molar-refractivity contribution is 0.187. The number of rotatable bonds is 6. The van der Waals surface area contributed by atoms with Crippen LogP contribution in [0.4, 0.5) is 16.4 Å². The number of nitrogens with zero attached hydrogens (tertiary/aromatic N) is 6. The molecule has 3 aromatic rings. The topological polar surface area (TPSA) is 77.5 Å². The number of amides is 2. The standard InChI is InChI=1S/C23H24ClN7O/c1-29-8-10-31(23(29)32)11-9-30-14-16-2-3-19(12-17(16)15-30)27-22-26-7-5-20(28-22)21-13-18(24)4-6-25-21/h2-7,12-13H,8-11,14-15H2,1H3,(H,26,27,28). The third kappa shape index (κ3) is 4.37. The molecule has 1 aromatic carbocycles. The van der Waals surface area contributed by atoms with Gasteiger partial charge in [-0.25, -0.2) is 14.8 Å². The lowest BCUT2D eigenvalue weighted by Gasteiger charge is -2.20. The molecule has 2 aromatic heterocycles. The van der Waals surface area contributed by atoms with Gasteiger partial charge in [0.25, 0.3) is 0 Å². The first-order chi connectivity index (χ1) is 15.5. The number of aromatic nitrogens is 3. The number of hydrogen-bond donors (Lipinski definition) is 1. The summed E-state index contributed by atoms with van der Waals surface area (Å²) in [5.41, 5.74) is 4.96. The third-order valence-electron chi connectivity index (χ3n) is 5.88. The number of halogens is 1. The first kappa shape index (κ1) is 20.7. The second kappa shape index (κ2) is 8.72. The molecule has 1 saturated heterocycles. The van der Waals surface area contributed by atoms with Gasteiger partial charge in [-0.3, -0.25) is 9.88 Å². The van der Waals surface area contributed by atoms with E-state index >= 15 is 0 Å². The highest BCUT2D eigenvalue weighted by Crippen LogP contribution is 2.27. The second-order valence-corrected chi connectivity index (χ2v) is 8.57. The predicted octanol–water partition coefficient (Wildman–Crippen LogP) is 3.62. The monoisotopic (exact) mass is 449 g/mol. The van der Waals surface area contributed by atoms with Crippen LogP contribution >= 0.6 is 11.6 Å². The molecule has 2 aliphatic heterocycles. The van der Waals surface area contributed by atoms with Crippen molar-refractivity contribution in [2.45, 2.75) is 13.1 Å². The Morgan fingerprint density at radius 3 is 2.62 bits per heavy atom. The van der Waals surface area contributed by atoms with E-state index in [1.165, 1.54) is 11.1 Å². The Morgan fingerprint density at radius 1 is 0.969 bits per heavy atom. The molecular weight excluding hydrogens is 426 g/mol.